The number of hydrogen-bond acceptors (Lipinski definition) is 6. The number of rotatable bonds is 7. The van der Waals surface area contributed by atoms with Gasteiger partial charge in [-0.3, -0.25) is 0 Å². The summed E-state index contributed by atoms with van der Waals surface area (Å²) in [6.07, 6.45) is 4.18. The van der Waals surface area contributed by atoms with Crippen molar-refractivity contribution in [3.05, 3.63) is 94.5 Å². The van der Waals surface area contributed by atoms with Crippen LogP contribution in [0.2, 0.25) is 10.2 Å². The summed E-state index contributed by atoms with van der Waals surface area (Å²) in [7, 11) is 0. The van der Waals surface area contributed by atoms with Crippen LogP contribution in [0.25, 0.3) is 21.9 Å². The predicted molar refractivity (Wildman–Crippen MR) is 146 cm³/mol. The van der Waals surface area contributed by atoms with Crippen molar-refractivity contribution in [2.75, 3.05) is 5.32 Å². The van der Waals surface area contributed by atoms with Gasteiger partial charge in [-0.1, -0.05) is 47.5 Å². The highest BCUT2D eigenvalue weighted by Gasteiger charge is 2.35. The summed E-state index contributed by atoms with van der Waals surface area (Å²) < 4.78 is 8.17. The number of hydrogen-bond donors (Lipinski definition) is 2. The summed E-state index contributed by atoms with van der Waals surface area (Å²) >= 11 is 12.2. The third kappa shape index (κ3) is 5.13. The molecule has 6 rings (SSSR count). The molecule has 7 nitrogen and oxygen atoms in total. The molecule has 4 heterocycles. The lowest BCUT2D eigenvalue weighted by Gasteiger charge is -2.16. The van der Waals surface area contributed by atoms with Gasteiger partial charge in [0.2, 0.25) is 0 Å². The van der Waals surface area contributed by atoms with E-state index in [9.17, 15) is 5.11 Å². The van der Waals surface area contributed by atoms with E-state index in [1.54, 1.807) is 0 Å². The molecule has 0 amide bonds. The number of benzene rings is 2. The lowest BCUT2D eigenvalue weighted by atomic mass is 10.0. The van der Waals surface area contributed by atoms with Crippen LogP contribution < -0.4 is 5.32 Å². The van der Waals surface area contributed by atoms with E-state index in [-0.39, 0.29) is 12.3 Å². The van der Waals surface area contributed by atoms with Crippen molar-refractivity contribution in [1.82, 2.24) is 19.5 Å². The smallest absolute Gasteiger partial charge is 0.146 e. The van der Waals surface area contributed by atoms with Crippen LogP contribution in [-0.2, 0) is 17.7 Å². The second kappa shape index (κ2) is 10.3. The largest absolute Gasteiger partial charge is 0.390 e. The van der Waals surface area contributed by atoms with Gasteiger partial charge in [0.05, 0.1) is 23.1 Å². The SMILES string of the molecule is OC1CC(n2ccc3c(Cl)ncnc32)OC1CCc1ccc2ccc(NCc3ccc(Cl)cc3)nc2c1. The Bertz CT molecular complexity index is 1560. The van der Waals surface area contributed by atoms with Gasteiger partial charge in [0.1, 0.15) is 29.2 Å². The highest BCUT2D eigenvalue weighted by atomic mass is 35.5. The van der Waals surface area contributed by atoms with E-state index in [1.165, 1.54) is 6.33 Å². The quantitative estimate of drug-likeness (QED) is 0.243. The molecule has 2 N–H and O–H groups in total. The second-order valence-corrected chi connectivity index (χ2v) is 10.1. The molecule has 188 valence electrons. The van der Waals surface area contributed by atoms with Crippen molar-refractivity contribution < 1.29 is 9.84 Å². The second-order valence-electron chi connectivity index (χ2n) is 9.30. The van der Waals surface area contributed by atoms with Crippen molar-refractivity contribution in [1.29, 1.82) is 0 Å². The van der Waals surface area contributed by atoms with Gasteiger partial charge in [-0.05, 0) is 60.4 Å². The Kier molecular flexibility index (Phi) is 6.69. The van der Waals surface area contributed by atoms with Crippen molar-refractivity contribution in [2.24, 2.45) is 0 Å². The van der Waals surface area contributed by atoms with E-state index in [1.807, 2.05) is 47.2 Å². The first-order valence-corrected chi connectivity index (χ1v) is 13.0. The summed E-state index contributed by atoms with van der Waals surface area (Å²) in [6.45, 7) is 0.669. The zero-order chi connectivity index (χ0) is 25.4. The molecule has 1 aliphatic rings. The minimum Gasteiger partial charge on any atom is -0.390 e. The first kappa shape index (κ1) is 24.1. The number of pyridine rings is 1. The third-order valence-corrected chi connectivity index (χ3v) is 7.39. The Morgan fingerprint density at radius 3 is 2.68 bits per heavy atom. The average Bonchev–Trinajstić information content (AvgIpc) is 3.51. The number of nitrogens with zero attached hydrogens (tertiary/aromatic N) is 4. The molecule has 9 heteroatoms. The normalized spacial score (nSPS) is 19.6. The summed E-state index contributed by atoms with van der Waals surface area (Å²) in [5, 5.41) is 17.1. The fourth-order valence-electron chi connectivity index (χ4n) is 4.84. The van der Waals surface area contributed by atoms with E-state index >= 15 is 0 Å². The maximum absolute atomic E-state index is 10.7. The lowest BCUT2D eigenvalue weighted by molar-refractivity contribution is -0.0203. The Balaban J connectivity index is 1.11. The van der Waals surface area contributed by atoms with Crippen molar-refractivity contribution >= 4 is 51.0 Å². The van der Waals surface area contributed by atoms with Crippen molar-refractivity contribution in [3.63, 3.8) is 0 Å². The van der Waals surface area contributed by atoms with Gasteiger partial charge >= 0.3 is 0 Å². The van der Waals surface area contributed by atoms with E-state index < -0.39 is 6.10 Å². The number of nitrogens with one attached hydrogen (secondary N) is 1. The first-order chi connectivity index (χ1) is 18.0. The van der Waals surface area contributed by atoms with E-state index in [0.717, 1.165) is 44.7 Å². The summed E-state index contributed by atoms with van der Waals surface area (Å²) in [5.41, 5.74) is 3.93. The number of ether oxygens (including phenoxy) is 1. The first-order valence-electron chi connectivity index (χ1n) is 12.2. The van der Waals surface area contributed by atoms with Crippen LogP contribution in [0.3, 0.4) is 0 Å². The fraction of sp³-hybridized carbons (Fsp3) is 0.250. The molecule has 0 bridgehead atoms. The highest BCUT2D eigenvalue weighted by molar-refractivity contribution is 6.33. The van der Waals surface area contributed by atoms with Crippen LogP contribution in [0, 0.1) is 0 Å². The number of aliphatic hydroxyl groups excluding tert-OH is 1. The minimum atomic E-state index is -0.554. The topological polar surface area (TPSA) is 85.1 Å². The molecule has 5 aromatic rings. The standard InChI is InChI=1S/C28H25Cl2N5O2/c29-20-7-2-18(3-8-20)15-31-25-10-6-19-5-1-17(13-22(19)34-25)4-9-24-23(36)14-26(37-24)35-12-11-21-27(30)32-16-33-28(21)35/h1-3,5-8,10-13,16,23-24,26,36H,4,9,14-15H2,(H,31,34). The van der Waals surface area contributed by atoms with Crippen molar-refractivity contribution in [2.45, 2.75) is 44.2 Å². The Morgan fingerprint density at radius 1 is 1.00 bits per heavy atom. The van der Waals surface area contributed by atoms with Gasteiger partial charge in [-0.15, -0.1) is 0 Å². The molecule has 1 saturated heterocycles. The maximum atomic E-state index is 10.7. The van der Waals surface area contributed by atoms with Crippen LogP contribution in [0.4, 0.5) is 5.82 Å². The van der Waals surface area contributed by atoms with Gasteiger partial charge < -0.3 is 19.7 Å². The number of halogens is 2. The molecule has 1 aliphatic heterocycles. The van der Waals surface area contributed by atoms with E-state index in [2.05, 4.69) is 39.6 Å². The Morgan fingerprint density at radius 2 is 1.81 bits per heavy atom. The molecule has 0 radical (unpaired) electrons. The van der Waals surface area contributed by atoms with Gasteiger partial charge in [0, 0.05) is 29.6 Å². The lowest BCUT2D eigenvalue weighted by Crippen LogP contribution is -2.21. The highest BCUT2D eigenvalue weighted by Crippen LogP contribution is 2.34. The molecule has 3 aromatic heterocycles. The zero-order valence-corrected chi connectivity index (χ0v) is 21.4. The summed E-state index contributed by atoms with van der Waals surface area (Å²) in [6, 6.07) is 20.0. The Hall–Kier alpha value is -3.23. The number of aliphatic hydroxyl groups is 1. The zero-order valence-electron chi connectivity index (χ0n) is 19.9. The van der Waals surface area contributed by atoms with E-state index in [0.29, 0.717) is 30.2 Å². The number of fused-ring (bicyclic) bond motifs is 2. The van der Waals surface area contributed by atoms with Crippen LogP contribution in [0.15, 0.2) is 73.2 Å². The molecule has 37 heavy (non-hydrogen) atoms. The fourth-order valence-corrected chi connectivity index (χ4v) is 5.16. The molecule has 0 spiro atoms. The van der Waals surface area contributed by atoms with Gasteiger partial charge in [0.15, 0.2) is 0 Å². The summed E-state index contributed by atoms with van der Waals surface area (Å²) in [4.78, 5) is 13.2. The number of aryl methyl sites for hydroxylation is 1. The van der Waals surface area contributed by atoms with Crippen LogP contribution in [0.1, 0.15) is 30.2 Å². The maximum Gasteiger partial charge on any atom is 0.146 e. The molecule has 3 unspecified atom stereocenters. The molecule has 0 aliphatic carbocycles. The predicted octanol–water partition coefficient (Wildman–Crippen LogP) is 6.18. The molecule has 0 saturated carbocycles. The monoisotopic (exact) mass is 533 g/mol. The molecule has 2 aromatic carbocycles. The molecular formula is C28H25Cl2N5O2. The van der Waals surface area contributed by atoms with Gasteiger partial charge in [-0.2, -0.15) is 0 Å². The van der Waals surface area contributed by atoms with Crippen LogP contribution >= 0.6 is 23.2 Å². The Labute approximate surface area is 224 Å². The summed E-state index contributed by atoms with van der Waals surface area (Å²) in [5.74, 6) is 0.819. The molecule has 1 fully saturated rings. The number of aromatic nitrogens is 4. The minimum absolute atomic E-state index is 0.268. The average molecular weight is 534 g/mol. The molecule has 3 atom stereocenters. The van der Waals surface area contributed by atoms with E-state index in [4.69, 9.17) is 32.9 Å². The van der Waals surface area contributed by atoms with Gasteiger partial charge in [-0.25, -0.2) is 15.0 Å². The van der Waals surface area contributed by atoms with Crippen LogP contribution in [0.5, 0.6) is 0 Å². The third-order valence-electron chi connectivity index (χ3n) is 6.84. The van der Waals surface area contributed by atoms with Crippen molar-refractivity contribution in [3.8, 4) is 0 Å². The molecular weight excluding hydrogens is 509 g/mol. The van der Waals surface area contributed by atoms with Crippen LogP contribution in [-0.4, -0.2) is 36.8 Å². The number of anilines is 1. The van der Waals surface area contributed by atoms with Gasteiger partial charge in [0.25, 0.3) is 0 Å².